The molecule has 0 aromatic rings. The van der Waals surface area contributed by atoms with Gasteiger partial charge in [0.25, 0.3) is 0 Å². The van der Waals surface area contributed by atoms with Crippen molar-refractivity contribution in [2.45, 2.75) is 71.6 Å². The van der Waals surface area contributed by atoms with Crippen LogP contribution >= 0.6 is 0 Å². The average molecular weight is 273 g/mol. The molecule has 0 amide bonds. The van der Waals surface area contributed by atoms with Gasteiger partial charge in [0.15, 0.2) is 0 Å². The maximum atomic E-state index is 12.5. The standard InChI is InChI=1S/C15H31NOS/c1-6-16-14-13(8-7-10-15(14,4)5)18(17)11-9-12(2)3/h12-14,16H,6-11H2,1-5H3. The third-order valence-corrected chi connectivity index (χ3v) is 6.00. The fourth-order valence-electron chi connectivity index (χ4n) is 3.00. The van der Waals surface area contributed by atoms with Crippen molar-refractivity contribution in [3.63, 3.8) is 0 Å². The molecule has 0 radical (unpaired) electrons. The minimum atomic E-state index is -0.668. The van der Waals surface area contributed by atoms with Gasteiger partial charge in [-0.15, -0.1) is 0 Å². The topological polar surface area (TPSA) is 29.1 Å². The second-order valence-corrected chi connectivity index (χ2v) is 8.50. The highest BCUT2D eigenvalue weighted by atomic mass is 32.2. The van der Waals surface area contributed by atoms with Crippen molar-refractivity contribution in [2.24, 2.45) is 11.3 Å². The lowest BCUT2D eigenvalue weighted by Crippen LogP contribution is -2.54. The summed E-state index contributed by atoms with van der Waals surface area (Å²) in [6, 6.07) is 0.421. The smallest absolute Gasteiger partial charge is 0.0506 e. The van der Waals surface area contributed by atoms with E-state index < -0.39 is 10.8 Å². The van der Waals surface area contributed by atoms with Gasteiger partial charge in [-0.1, -0.05) is 41.0 Å². The van der Waals surface area contributed by atoms with Crippen LogP contribution in [0.4, 0.5) is 0 Å². The minimum absolute atomic E-state index is 0.284. The number of hydrogen-bond acceptors (Lipinski definition) is 2. The van der Waals surface area contributed by atoms with Gasteiger partial charge in [0.2, 0.25) is 0 Å². The third kappa shape index (κ3) is 4.34. The van der Waals surface area contributed by atoms with Crippen molar-refractivity contribution in [3.05, 3.63) is 0 Å². The summed E-state index contributed by atoms with van der Waals surface area (Å²) in [7, 11) is -0.668. The number of hydrogen-bond donors (Lipinski definition) is 1. The van der Waals surface area contributed by atoms with E-state index in [-0.39, 0.29) is 5.41 Å². The summed E-state index contributed by atoms with van der Waals surface area (Å²) in [6.45, 7) is 12.2. The van der Waals surface area contributed by atoms with E-state index in [0.717, 1.165) is 25.1 Å². The normalized spacial score (nSPS) is 29.4. The lowest BCUT2D eigenvalue weighted by molar-refractivity contribution is 0.174. The van der Waals surface area contributed by atoms with Crippen LogP contribution in [0.3, 0.4) is 0 Å². The molecule has 3 atom stereocenters. The average Bonchev–Trinajstić information content (AvgIpc) is 2.28. The maximum absolute atomic E-state index is 12.5. The van der Waals surface area contributed by atoms with Gasteiger partial charge in [0.05, 0.1) is 5.25 Å². The van der Waals surface area contributed by atoms with Crippen LogP contribution < -0.4 is 5.32 Å². The van der Waals surface area contributed by atoms with Gasteiger partial charge in [-0.3, -0.25) is 4.21 Å². The number of rotatable bonds is 6. The predicted octanol–water partition coefficient (Wildman–Crippen LogP) is 3.34. The van der Waals surface area contributed by atoms with Gasteiger partial charge in [-0.05, 0) is 37.1 Å². The van der Waals surface area contributed by atoms with Gasteiger partial charge in [-0.2, -0.15) is 0 Å². The molecule has 0 heterocycles. The molecule has 108 valence electrons. The van der Waals surface area contributed by atoms with Crippen LogP contribution in [0.25, 0.3) is 0 Å². The van der Waals surface area contributed by atoms with Gasteiger partial charge in [0, 0.05) is 22.6 Å². The largest absolute Gasteiger partial charge is 0.313 e. The highest BCUT2D eigenvalue weighted by molar-refractivity contribution is 7.85. The van der Waals surface area contributed by atoms with Crippen molar-refractivity contribution in [3.8, 4) is 0 Å². The fourth-order valence-corrected chi connectivity index (χ4v) is 5.20. The molecule has 1 N–H and O–H groups in total. The molecule has 0 spiro atoms. The highest BCUT2D eigenvalue weighted by Crippen LogP contribution is 2.38. The van der Waals surface area contributed by atoms with Crippen molar-refractivity contribution in [2.75, 3.05) is 12.3 Å². The van der Waals surface area contributed by atoms with E-state index in [1.54, 1.807) is 0 Å². The van der Waals surface area contributed by atoms with E-state index in [2.05, 4.69) is 39.9 Å². The summed E-state index contributed by atoms with van der Waals surface area (Å²) in [4.78, 5) is 0. The first kappa shape index (κ1) is 16.2. The second kappa shape index (κ2) is 7.04. The second-order valence-electron chi connectivity index (χ2n) is 6.72. The molecule has 0 aromatic carbocycles. The summed E-state index contributed by atoms with van der Waals surface area (Å²) in [5.41, 5.74) is 0.284. The van der Waals surface area contributed by atoms with Gasteiger partial charge in [-0.25, -0.2) is 0 Å². The first-order chi connectivity index (χ1) is 8.38. The molecule has 1 saturated carbocycles. The van der Waals surface area contributed by atoms with Crippen molar-refractivity contribution in [1.82, 2.24) is 5.32 Å². The maximum Gasteiger partial charge on any atom is 0.0506 e. The molecule has 2 nitrogen and oxygen atoms in total. The molecular formula is C15H31NOS. The molecule has 0 bridgehead atoms. The Morgan fingerprint density at radius 3 is 2.61 bits per heavy atom. The summed E-state index contributed by atoms with van der Waals surface area (Å²) >= 11 is 0. The molecule has 1 rings (SSSR count). The Kier molecular flexibility index (Phi) is 6.32. The van der Waals surface area contributed by atoms with E-state index >= 15 is 0 Å². The van der Waals surface area contributed by atoms with Crippen LogP contribution in [0.2, 0.25) is 0 Å². The summed E-state index contributed by atoms with van der Waals surface area (Å²) in [6.07, 6.45) is 4.70. The molecule has 0 saturated heterocycles. The van der Waals surface area contributed by atoms with Crippen LogP contribution in [0.15, 0.2) is 0 Å². The molecule has 18 heavy (non-hydrogen) atoms. The Labute approximate surface area is 116 Å². The molecule has 1 fully saturated rings. The number of nitrogens with one attached hydrogen (secondary N) is 1. The first-order valence-corrected chi connectivity index (χ1v) is 8.87. The molecule has 0 aromatic heterocycles. The summed E-state index contributed by atoms with van der Waals surface area (Å²) < 4.78 is 12.5. The van der Waals surface area contributed by atoms with E-state index in [4.69, 9.17) is 0 Å². The molecular weight excluding hydrogens is 242 g/mol. The monoisotopic (exact) mass is 273 g/mol. The van der Waals surface area contributed by atoms with E-state index in [0.29, 0.717) is 17.2 Å². The molecule has 0 aliphatic heterocycles. The zero-order valence-electron chi connectivity index (χ0n) is 12.8. The summed E-state index contributed by atoms with van der Waals surface area (Å²) in [5.74, 6) is 1.53. The molecule has 3 unspecified atom stereocenters. The Bertz CT molecular complexity index is 276. The zero-order valence-corrected chi connectivity index (χ0v) is 13.6. The van der Waals surface area contributed by atoms with Crippen LogP contribution in [-0.2, 0) is 10.8 Å². The Hall–Kier alpha value is 0.110. The van der Waals surface area contributed by atoms with E-state index in [1.807, 2.05) is 0 Å². The Balaban J connectivity index is 2.68. The predicted molar refractivity (Wildman–Crippen MR) is 81.3 cm³/mol. The zero-order chi connectivity index (χ0) is 13.8. The van der Waals surface area contributed by atoms with Crippen LogP contribution in [-0.4, -0.2) is 27.8 Å². The minimum Gasteiger partial charge on any atom is -0.313 e. The molecule has 3 heteroatoms. The van der Waals surface area contributed by atoms with E-state index in [1.165, 1.54) is 12.8 Å². The fraction of sp³-hybridized carbons (Fsp3) is 1.00. The van der Waals surface area contributed by atoms with Crippen molar-refractivity contribution >= 4 is 10.8 Å². The van der Waals surface area contributed by atoms with E-state index in [9.17, 15) is 4.21 Å². The van der Waals surface area contributed by atoms with Crippen molar-refractivity contribution in [1.29, 1.82) is 0 Å². The molecule has 1 aliphatic carbocycles. The third-order valence-electron chi connectivity index (χ3n) is 4.18. The van der Waals surface area contributed by atoms with Gasteiger partial charge >= 0.3 is 0 Å². The van der Waals surface area contributed by atoms with Gasteiger partial charge < -0.3 is 5.32 Å². The SMILES string of the molecule is CCNC1C(S(=O)CCC(C)C)CCCC1(C)C. The Morgan fingerprint density at radius 1 is 1.39 bits per heavy atom. The Morgan fingerprint density at radius 2 is 2.06 bits per heavy atom. The van der Waals surface area contributed by atoms with Gasteiger partial charge in [0.1, 0.15) is 0 Å². The van der Waals surface area contributed by atoms with Crippen LogP contribution in [0, 0.1) is 11.3 Å². The molecule has 1 aliphatic rings. The van der Waals surface area contributed by atoms with Crippen molar-refractivity contribution < 1.29 is 4.21 Å². The summed E-state index contributed by atoms with van der Waals surface area (Å²) in [5, 5.41) is 3.95. The first-order valence-electron chi connectivity index (χ1n) is 7.49. The lowest BCUT2D eigenvalue weighted by atomic mass is 9.73. The highest BCUT2D eigenvalue weighted by Gasteiger charge is 2.40. The van der Waals surface area contributed by atoms with Crippen LogP contribution in [0.5, 0.6) is 0 Å². The lowest BCUT2D eigenvalue weighted by Gasteiger charge is -2.44. The quantitative estimate of drug-likeness (QED) is 0.804. The van der Waals surface area contributed by atoms with Crippen LogP contribution in [0.1, 0.15) is 60.3 Å².